The minimum Gasteiger partial charge on any atom is -0.486 e. The van der Waals surface area contributed by atoms with Crippen molar-refractivity contribution in [2.75, 3.05) is 37.7 Å². The highest BCUT2D eigenvalue weighted by molar-refractivity contribution is 6.00. The van der Waals surface area contributed by atoms with Crippen molar-refractivity contribution in [2.24, 2.45) is 5.92 Å². The van der Waals surface area contributed by atoms with Crippen LogP contribution < -0.4 is 14.4 Å². The highest BCUT2D eigenvalue weighted by Crippen LogP contribution is 2.47. The molecule has 8 nitrogen and oxygen atoms in total. The van der Waals surface area contributed by atoms with Crippen molar-refractivity contribution in [2.45, 2.75) is 24.7 Å². The van der Waals surface area contributed by atoms with E-state index in [0.717, 1.165) is 29.6 Å². The molecule has 2 amide bonds. The van der Waals surface area contributed by atoms with Gasteiger partial charge in [0.1, 0.15) is 13.2 Å². The fourth-order valence-electron chi connectivity index (χ4n) is 7.31. The molecule has 3 aliphatic rings. The van der Waals surface area contributed by atoms with Crippen LogP contribution in [0.2, 0.25) is 0 Å². The van der Waals surface area contributed by atoms with Crippen molar-refractivity contribution in [1.29, 1.82) is 0 Å². The first-order valence-electron chi connectivity index (χ1n) is 14.7. The van der Waals surface area contributed by atoms with Gasteiger partial charge in [-0.1, -0.05) is 36.4 Å². The summed E-state index contributed by atoms with van der Waals surface area (Å²) in [7, 11) is 0. The number of nitrogens with zero attached hydrogens (tertiary/aromatic N) is 2. The van der Waals surface area contributed by atoms with Gasteiger partial charge in [0.05, 0.1) is 5.92 Å². The molecule has 1 atom stereocenters. The average Bonchev–Trinajstić information content (AvgIpc) is 3.78. The zero-order valence-electron chi connectivity index (χ0n) is 23.3. The third kappa shape index (κ3) is 3.89. The van der Waals surface area contributed by atoms with Crippen LogP contribution in [0.3, 0.4) is 0 Å². The number of likely N-dealkylation sites (tertiary alicyclic amines) is 1. The molecule has 0 radical (unpaired) electrons. The number of benzene rings is 3. The number of fused-ring (bicyclic) bond motifs is 3. The summed E-state index contributed by atoms with van der Waals surface area (Å²) < 4.78 is 11.4. The number of nitrogens with one attached hydrogen (secondary N) is 2. The number of H-pyrrole nitrogens is 2. The Balaban J connectivity index is 1.06. The quantitative estimate of drug-likeness (QED) is 0.309. The van der Waals surface area contributed by atoms with Crippen LogP contribution in [0.15, 0.2) is 79.1 Å². The predicted molar refractivity (Wildman–Crippen MR) is 161 cm³/mol. The van der Waals surface area contributed by atoms with E-state index in [4.69, 9.17) is 9.47 Å². The number of rotatable bonds is 4. The van der Waals surface area contributed by atoms with E-state index in [-0.39, 0.29) is 29.6 Å². The van der Waals surface area contributed by atoms with Gasteiger partial charge >= 0.3 is 0 Å². The molecule has 2 aromatic heterocycles. The van der Waals surface area contributed by atoms with Crippen LogP contribution >= 0.6 is 0 Å². The monoisotopic (exact) mass is 560 g/mol. The van der Waals surface area contributed by atoms with Crippen LogP contribution in [-0.2, 0) is 15.0 Å². The van der Waals surface area contributed by atoms with Gasteiger partial charge in [0.25, 0.3) is 0 Å². The second-order valence-electron chi connectivity index (χ2n) is 11.6. The Labute approximate surface area is 243 Å². The molecular formula is C34H32N4O4. The molecule has 8 heteroatoms. The highest BCUT2D eigenvalue weighted by atomic mass is 16.6. The Morgan fingerprint density at radius 1 is 0.810 bits per heavy atom. The number of anilines is 1. The summed E-state index contributed by atoms with van der Waals surface area (Å²) in [6.07, 6.45) is 6.14. The predicted octanol–water partition coefficient (Wildman–Crippen LogP) is 5.38. The average molecular weight is 561 g/mol. The fourth-order valence-corrected chi connectivity index (χ4v) is 7.31. The molecule has 5 heterocycles. The SMILES string of the molecule is O=C([C@H]1CC(=O)N(c2ccc3c(c2)OCCO3)C1)N1CCC(c2c[nH]c3ccccc23)(c2c[nH]c3ccccc23)CC1. The summed E-state index contributed by atoms with van der Waals surface area (Å²) in [5.74, 6) is 0.998. The lowest BCUT2D eigenvalue weighted by molar-refractivity contribution is -0.137. The van der Waals surface area contributed by atoms with Gasteiger partial charge in [-0.2, -0.15) is 0 Å². The first-order chi connectivity index (χ1) is 20.6. The number of para-hydroxylation sites is 2. The van der Waals surface area contributed by atoms with Crippen LogP contribution in [0.1, 0.15) is 30.4 Å². The Kier molecular flexibility index (Phi) is 5.77. The second-order valence-corrected chi connectivity index (χ2v) is 11.6. The lowest BCUT2D eigenvalue weighted by atomic mass is 9.67. The van der Waals surface area contributed by atoms with E-state index in [1.54, 1.807) is 4.90 Å². The lowest BCUT2D eigenvalue weighted by Crippen LogP contribution is -2.47. The van der Waals surface area contributed by atoms with E-state index < -0.39 is 0 Å². The number of hydrogen-bond acceptors (Lipinski definition) is 4. The van der Waals surface area contributed by atoms with Gasteiger partial charge in [-0.15, -0.1) is 0 Å². The third-order valence-electron chi connectivity index (χ3n) is 9.45. The highest BCUT2D eigenvalue weighted by Gasteiger charge is 2.44. The number of ether oxygens (including phenoxy) is 2. The Bertz CT molecular complexity index is 1750. The maximum absolute atomic E-state index is 13.9. The standard InChI is InChI=1S/C34H32N4O4/c39-32-17-22(21-38(32)23-9-10-30-31(18-23)42-16-15-41-30)33(40)37-13-11-34(12-14-37,26-19-35-28-7-3-1-5-24(26)28)27-20-36-29-8-4-2-6-25(27)29/h1-10,18-20,22,35-36H,11-17,21H2/t22-/m0/s1. The minimum atomic E-state index is -0.362. The molecule has 2 fully saturated rings. The third-order valence-corrected chi connectivity index (χ3v) is 9.45. The number of amides is 2. The summed E-state index contributed by atoms with van der Waals surface area (Å²) in [4.78, 5) is 37.6. The van der Waals surface area contributed by atoms with Crippen molar-refractivity contribution < 1.29 is 19.1 Å². The maximum Gasteiger partial charge on any atom is 0.228 e. The Hall–Kier alpha value is -4.72. The Morgan fingerprint density at radius 2 is 1.43 bits per heavy atom. The normalized spacial score (nSPS) is 20.0. The van der Waals surface area contributed by atoms with Crippen molar-refractivity contribution >= 4 is 39.3 Å². The van der Waals surface area contributed by atoms with Gasteiger partial charge in [0.2, 0.25) is 11.8 Å². The van der Waals surface area contributed by atoms with Crippen molar-refractivity contribution in [3.05, 3.63) is 90.3 Å². The summed E-state index contributed by atoms with van der Waals surface area (Å²) in [6, 6.07) is 22.4. The zero-order valence-corrected chi connectivity index (χ0v) is 23.3. The molecule has 0 unspecified atom stereocenters. The summed E-state index contributed by atoms with van der Waals surface area (Å²) in [5, 5.41) is 2.44. The molecule has 212 valence electrons. The molecule has 2 N–H and O–H groups in total. The minimum absolute atomic E-state index is 0.0334. The molecule has 0 bridgehead atoms. The van der Waals surface area contributed by atoms with Gasteiger partial charge in [-0.3, -0.25) is 9.59 Å². The Morgan fingerprint density at radius 3 is 2.10 bits per heavy atom. The molecule has 3 aliphatic heterocycles. The molecule has 0 saturated carbocycles. The fraction of sp³-hybridized carbons (Fsp3) is 0.294. The number of carbonyl (C=O) groups is 2. The van der Waals surface area contributed by atoms with Crippen LogP contribution in [0.5, 0.6) is 11.5 Å². The number of aromatic amines is 2. The molecule has 8 rings (SSSR count). The van der Waals surface area contributed by atoms with Crippen molar-refractivity contribution in [3.8, 4) is 11.5 Å². The topological polar surface area (TPSA) is 90.7 Å². The first-order valence-corrected chi connectivity index (χ1v) is 14.7. The van der Waals surface area contributed by atoms with Crippen molar-refractivity contribution in [1.82, 2.24) is 14.9 Å². The van der Waals surface area contributed by atoms with E-state index in [1.807, 2.05) is 23.1 Å². The smallest absolute Gasteiger partial charge is 0.228 e. The van der Waals surface area contributed by atoms with Gasteiger partial charge < -0.3 is 29.2 Å². The largest absolute Gasteiger partial charge is 0.486 e. The van der Waals surface area contributed by atoms with E-state index in [2.05, 4.69) is 70.9 Å². The van der Waals surface area contributed by atoms with Gasteiger partial charge in [0.15, 0.2) is 11.5 Å². The number of piperidine rings is 1. The molecule has 42 heavy (non-hydrogen) atoms. The molecule has 2 saturated heterocycles. The molecule has 0 spiro atoms. The summed E-state index contributed by atoms with van der Waals surface area (Å²) >= 11 is 0. The van der Waals surface area contributed by atoms with Gasteiger partial charge in [-0.05, 0) is 48.2 Å². The van der Waals surface area contributed by atoms with Crippen LogP contribution in [-0.4, -0.2) is 59.5 Å². The van der Waals surface area contributed by atoms with Crippen LogP contribution in [0, 0.1) is 5.92 Å². The van der Waals surface area contributed by atoms with E-state index in [1.165, 1.54) is 21.9 Å². The first kappa shape index (κ1) is 25.0. The summed E-state index contributed by atoms with van der Waals surface area (Å²) in [6.45, 7) is 2.64. The van der Waals surface area contributed by atoms with E-state index in [0.29, 0.717) is 44.3 Å². The maximum atomic E-state index is 13.9. The van der Waals surface area contributed by atoms with Gasteiger partial charge in [-0.25, -0.2) is 0 Å². The van der Waals surface area contributed by atoms with Crippen molar-refractivity contribution in [3.63, 3.8) is 0 Å². The lowest BCUT2D eigenvalue weighted by Gasteiger charge is -2.43. The zero-order chi connectivity index (χ0) is 28.3. The van der Waals surface area contributed by atoms with Gasteiger partial charge in [0, 0.05) is 77.4 Å². The summed E-state index contributed by atoms with van der Waals surface area (Å²) in [5.41, 5.74) is 5.28. The van der Waals surface area contributed by atoms with E-state index in [9.17, 15) is 9.59 Å². The molecular weight excluding hydrogens is 528 g/mol. The number of carbonyl (C=O) groups excluding carboxylic acids is 2. The molecule has 0 aliphatic carbocycles. The van der Waals surface area contributed by atoms with E-state index >= 15 is 0 Å². The van der Waals surface area contributed by atoms with Crippen LogP contribution in [0.25, 0.3) is 21.8 Å². The molecule has 3 aromatic carbocycles. The molecule has 5 aromatic rings. The van der Waals surface area contributed by atoms with Crippen LogP contribution in [0.4, 0.5) is 5.69 Å². The second kappa shape index (κ2) is 9.69. The number of aromatic nitrogens is 2. The number of hydrogen-bond donors (Lipinski definition) is 2.